The van der Waals surface area contributed by atoms with Gasteiger partial charge >= 0.3 is 24.6 Å². The summed E-state index contributed by atoms with van der Waals surface area (Å²) in [6.07, 6.45) is -11.3. The van der Waals surface area contributed by atoms with E-state index in [0.717, 1.165) is 44.2 Å². The molecule has 2 N–H and O–H groups in total. The van der Waals surface area contributed by atoms with Crippen molar-refractivity contribution in [3.8, 4) is 0 Å². The highest BCUT2D eigenvalue weighted by atomic mass is 19.4. The Morgan fingerprint density at radius 2 is 1.38 bits per heavy atom. The molecule has 0 aliphatic heterocycles. The van der Waals surface area contributed by atoms with Crippen LogP contribution in [-0.4, -0.2) is 18.0 Å². The number of nitrogens with two attached hydrogens (primary N) is 1. The minimum absolute atomic E-state index is 0.0240. The molecule has 0 heterocycles. The maximum absolute atomic E-state index is 13.5. The van der Waals surface area contributed by atoms with E-state index >= 15 is 0 Å². The van der Waals surface area contributed by atoms with Gasteiger partial charge in [-0.15, -0.1) is 0 Å². The molecular formula is C26H27F9N2O2. The molecule has 0 aromatic heterocycles. The first-order valence-corrected chi connectivity index (χ1v) is 12.1. The van der Waals surface area contributed by atoms with Crippen molar-refractivity contribution in [3.05, 3.63) is 69.8 Å². The summed E-state index contributed by atoms with van der Waals surface area (Å²) in [5.74, 6) is -0.0286. The van der Waals surface area contributed by atoms with Gasteiger partial charge < -0.3 is 15.4 Å². The molecular weight excluding hydrogens is 543 g/mol. The highest BCUT2D eigenvalue weighted by Gasteiger charge is 2.38. The van der Waals surface area contributed by atoms with Crippen molar-refractivity contribution in [1.82, 2.24) is 4.90 Å². The van der Waals surface area contributed by atoms with Crippen LogP contribution >= 0.6 is 0 Å². The van der Waals surface area contributed by atoms with Crippen LogP contribution in [0.25, 0.3) is 0 Å². The molecule has 1 aliphatic rings. The van der Waals surface area contributed by atoms with E-state index in [-0.39, 0.29) is 17.5 Å². The van der Waals surface area contributed by atoms with Gasteiger partial charge in [0.05, 0.1) is 22.8 Å². The third-order valence-corrected chi connectivity index (χ3v) is 6.80. The predicted octanol–water partition coefficient (Wildman–Crippen LogP) is 8.09. The SMILES string of the molecule is COC(c1ccc(C(F)(F)F)cc1CN(Cc1cc(C(F)(F)F)cc(C(F)(F)F)c1)C(N)=O)C1CCCCC1. The van der Waals surface area contributed by atoms with Crippen molar-refractivity contribution in [1.29, 1.82) is 0 Å². The standard InChI is InChI=1S/C26H27F9N2O2/c1-39-22(16-5-3-2-4-6-16)21-8-7-18(24(27,28)29)11-17(21)14-37(23(36)38)13-15-9-19(25(30,31)32)12-20(10-15)26(33,34)35/h7-12,16,22H,2-6,13-14H2,1H3,(H2,36,38). The summed E-state index contributed by atoms with van der Waals surface area (Å²) in [5, 5.41) is 0. The largest absolute Gasteiger partial charge is 0.416 e. The maximum Gasteiger partial charge on any atom is 0.416 e. The lowest BCUT2D eigenvalue weighted by molar-refractivity contribution is -0.143. The lowest BCUT2D eigenvalue weighted by Crippen LogP contribution is -2.35. The van der Waals surface area contributed by atoms with Gasteiger partial charge in [0.15, 0.2) is 0 Å². The van der Waals surface area contributed by atoms with Gasteiger partial charge in [-0.25, -0.2) is 4.79 Å². The van der Waals surface area contributed by atoms with Crippen molar-refractivity contribution in [2.45, 2.75) is 69.8 Å². The van der Waals surface area contributed by atoms with Crippen LogP contribution in [-0.2, 0) is 36.4 Å². The zero-order chi connectivity index (χ0) is 29.2. The van der Waals surface area contributed by atoms with Crippen LogP contribution in [0.2, 0.25) is 0 Å². The zero-order valence-corrected chi connectivity index (χ0v) is 20.8. The molecule has 1 unspecified atom stereocenters. The molecule has 1 saturated carbocycles. The van der Waals surface area contributed by atoms with E-state index in [1.807, 2.05) is 0 Å². The minimum Gasteiger partial charge on any atom is -0.376 e. The second kappa shape index (κ2) is 11.6. The molecule has 1 fully saturated rings. The third-order valence-electron chi connectivity index (χ3n) is 6.80. The van der Waals surface area contributed by atoms with Crippen molar-refractivity contribution in [2.75, 3.05) is 7.11 Å². The Morgan fingerprint density at radius 1 is 0.846 bits per heavy atom. The maximum atomic E-state index is 13.5. The lowest BCUT2D eigenvalue weighted by Gasteiger charge is -2.32. The summed E-state index contributed by atoms with van der Waals surface area (Å²) < 4.78 is 126. The highest BCUT2D eigenvalue weighted by Crippen LogP contribution is 2.41. The van der Waals surface area contributed by atoms with Gasteiger partial charge in [0.2, 0.25) is 0 Å². The Bertz CT molecular complexity index is 1120. The molecule has 3 rings (SSSR count). The quantitative estimate of drug-likeness (QED) is 0.342. The van der Waals surface area contributed by atoms with Gasteiger partial charge in [0.1, 0.15) is 0 Å². The van der Waals surface area contributed by atoms with E-state index in [0.29, 0.717) is 22.6 Å². The number of hydrogen-bond donors (Lipinski definition) is 1. The summed E-state index contributed by atoms with van der Waals surface area (Å²) >= 11 is 0. The average Bonchev–Trinajstić information content (AvgIpc) is 2.83. The fraction of sp³-hybridized carbons (Fsp3) is 0.500. The Hall–Kier alpha value is -2.96. The summed E-state index contributed by atoms with van der Waals surface area (Å²) in [5.41, 5.74) is 0.947. The number of rotatable bonds is 7. The van der Waals surface area contributed by atoms with Crippen molar-refractivity contribution in [2.24, 2.45) is 11.7 Å². The molecule has 0 saturated heterocycles. The van der Waals surface area contributed by atoms with Gasteiger partial charge in [-0.3, -0.25) is 0 Å². The molecule has 0 radical (unpaired) electrons. The first kappa shape index (κ1) is 30.6. The number of methoxy groups -OCH3 is 1. The van der Waals surface area contributed by atoms with Crippen LogP contribution in [0, 0.1) is 5.92 Å². The summed E-state index contributed by atoms with van der Waals surface area (Å²) in [6.45, 7) is -1.40. The molecule has 216 valence electrons. The van der Waals surface area contributed by atoms with Crippen LogP contribution in [0.3, 0.4) is 0 Å². The van der Waals surface area contributed by atoms with Gasteiger partial charge in [0, 0.05) is 20.2 Å². The van der Waals surface area contributed by atoms with Crippen LogP contribution in [0.4, 0.5) is 44.3 Å². The number of ether oxygens (including phenoxy) is 1. The predicted molar refractivity (Wildman–Crippen MR) is 123 cm³/mol. The zero-order valence-electron chi connectivity index (χ0n) is 20.8. The van der Waals surface area contributed by atoms with Gasteiger partial charge in [-0.05, 0) is 65.8 Å². The number of primary amides is 1. The van der Waals surface area contributed by atoms with Crippen LogP contribution in [0.5, 0.6) is 0 Å². The third kappa shape index (κ3) is 7.80. The van der Waals surface area contributed by atoms with Crippen LogP contribution < -0.4 is 5.73 Å². The van der Waals surface area contributed by atoms with E-state index in [1.54, 1.807) is 0 Å². The Morgan fingerprint density at radius 3 is 1.85 bits per heavy atom. The second-order valence-electron chi connectivity index (χ2n) is 9.57. The fourth-order valence-electron chi connectivity index (χ4n) is 4.96. The topological polar surface area (TPSA) is 55.6 Å². The van der Waals surface area contributed by atoms with Gasteiger partial charge in [0.25, 0.3) is 0 Å². The van der Waals surface area contributed by atoms with E-state index in [2.05, 4.69) is 0 Å². The molecule has 2 amide bonds. The Labute approximate surface area is 218 Å². The van der Waals surface area contributed by atoms with Crippen LogP contribution in [0.15, 0.2) is 36.4 Å². The Kier molecular flexibility index (Phi) is 9.13. The molecule has 2 aromatic carbocycles. The van der Waals surface area contributed by atoms with E-state index in [4.69, 9.17) is 10.5 Å². The number of carbonyl (C=O) groups is 1. The molecule has 1 aliphatic carbocycles. The highest BCUT2D eigenvalue weighted by molar-refractivity contribution is 5.72. The number of alkyl halides is 9. The second-order valence-corrected chi connectivity index (χ2v) is 9.57. The Balaban J connectivity index is 2.05. The summed E-state index contributed by atoms with van der Waals surface area (Å²) in [6, 6.07) is 2.48. The molecule has 13 heteroatoms. The smallest absolute Gasteiger partial charge is 0.376 e. The number of urea groups is 1. The molecule has 0 spiro atoms. The number of amides is 2. The van der Waals surface area contributed by atoms with E-state index in [9.17, 15) is 44.3 Å². The number of halogens is 9. The van der Waals surface area contributed by atoms with E-state index in [1.165, 1.54) is 13.2 Å². The molecule has 2 aromatic rings. The molecule has 1 atom stereocenters. The van der Waals surface area contributed by atoms with Crippen molar-refractivity contribution >= 4 is 6.03 Å². The van der Waals surface area contributed by atoms with E-state index < -0.39 is 66.0 Å². The summed E-state index contributed by atoms with van der Waals surface area (Å²) in [7, 11) is 1.40. The lowest BCUT2D eigenvalue weighted by atomic mass is 9.81. The number of benzene rings is 2. The summed E-state index contributed by atoms with van der Waals surface area (Å²) in [4.78, 5) is 13.0. The van der Waals surface area contributed by atoms with Crippen molar-refractivity contribution in [3.63, 3.8) is 0 Å². The molecule has 0 bridgehead atoms. The monoisotopic (exact) mass is 570 g/mol. The normalized spacial score (nSPS) is 16.3. The molecule has 39 heavy (non-hydrogen) atoms. The van der Waals surface area contributed by atoms with Gasteiger partial charge in [-0.1, -0.05) is 25.3 Å². The fourth-order valence-corrected chi connectivity index (χ4v) is 4.96. The van der Waals surface area contributed by atoms with Crippen LogP contribution in [0.1, 0.15) is 71.6 Å². The number of hydrogen-bond acceptors (Lipinski definition) is 2. The van der Waals surface area contributed by atoms with Gasteiger partial charge in [-0.2, -0.15) is 39.5 Å². The molecule has 4 nitrogen and oxygen atoms in total. The first-order chi connectivity index (χ1) is 18.0. The minimum atomic E-state index is -5.12. The number of carbonyl (C=O) groups excluding carboxylic acids is 1. The van der Waals surface area contributed by atoms with Crippen molar-refractivity contribution < 1.29 is 49.0 Å². The number of nitrogens with zero attached hydrogens (tertiary/aromatic N) is 1. The average molecular weight is 570 g/mol. The first-order valence-electron chi connectivity index (χ1n) is 12.1.